The average molecular weight is 1730 g/mol. The Morgan fingerprint density at radius 2 is 0.730 bits per heavy atom. The molecule has 122 heavy (non-hydrogen) atoms. The Kier molecular flexibility index (Phi) is 50.5. The van der Waals surface area contributed by atoms with Crippen LogP contribution in [-0.2, 0) is 92.7 Å². The largest absolute Gasteiger partial charge is 0.394 e. The van der Waals surface area contributed by atoms with Gasteiger partial charge in [0.1, 0.15) is 78.5 Å². The SMILES string of the molecule is CCC(C)C(N)C(=O)NC(CC(N)=O)C(=O)NC(C(=O)NC(CC(C)C)C(=O)NCC(=O)NC(C(=O)NC(CC(C)C)C(=O)NCC(=O)NC(CC(C)C)C(=O)NC(CC(C)C)C(=O)NCC(=O)NC(CCCCN)C(=O)NC(C)C(=O)NC(CC(C)C)C(=O)NC(CO)C(=O)NC(Cc1cnc[nH]1)C(=O)NC(CC(C)C)C(N)=O)C(C)CC)C(C)C. The highest BCUT2D eigenvalue weighted by atomic mass is 16.3. The lowest BCUT2D eigenvalue weighted by molar-refractivity contribution is -0.136. The van der Waals surface area contributed by atoms with Crippen LogP contribution in [0.2, 0.25) is 0 Å². The van der Waals surface area contributed by atoms with Gasteiger partial charge in [0.2, 0.25) is 106 Å². The van der Waals surface area contributed by atoms with Gasteiger partial charge >= 0.3 is 0 Å². The fraction of sp³-hybridized carbons (Fsp3) is 0.741. The van der Waals surface area contributed by atoms with Crippen molar-refractivity contribution in [3.63, 3.8) is 0 Å². The first-order valence-corrected chi connectivity index (χ1v) is 42.4. The smallest absolute Gasteiger partial charge is 0.245 e. The third-order valence-corrected chi connectivity index (χ3v) is 19.8. The van der Waals surface area contributed by atoms with Gasteiger partial charge in [0, 0.05) is 18.3 Å². The van der Waals surface area contributed by atoms with E-state index in [1.165, 1.54) is 19.4 Å². The topological polar surface area (TPSA) is 653 Å². The first-order valence-electron chi connectivity index (χ1n) is 42.4. The predicted molar refractivity (Wildman–Crippen MR) is 454 cm³/mol. The van der Waals surface area contributed by atoms with Gasteiger partial charge in [-0.25, -0.2) is 4.98 Å². The summed E-state index contributed by atoms with van der Waals surface area (Å²) in [5.41, 5.74) is 23.2. The number of aliphatic hydroxyl groups excluding tert-OH is 1. The molecule has 692 valence electrons. The molecule has 0 spiro atoms. The molecule has 0 saturated heterocycles. The predicted octanol–water partition coefficient (Wildman–Crippen LogP) is -3.54. The van der Waals surface area contributed by atoms with Crippen molar-refractivity contribution in [3.8, 4) is 0 Å². The number of nitrogens with one attached hydrogen (secondary N) is 17. The lowest BCUT2D eigenvalue weighted by atomic mass is 9.96. The van der Waals surface area contributed by atoms with Gasteiger partial charge in [-0.1, -0.05) is 137 Å². The van der Waals surface area contributed by atoms with Gasteiger partial charge in [0.15, 0.2) is 0 Å². The van der Waals surface area contributed by atoms with Crippen molar-refractivity contribution in [1.29, 1.82) is 0 Å². The summed E-state index contributed by atoms with van der Waals surface area (Å²) in [6.07, 6.45) is 4.06. The molecule has 0 saturated carbocycles. The molecule has 16 atom stereocenters. The minimum atomic E-state index is -1.66. The van der Waals surface area contributed by atoms with E-state index in [1.807, 2.05) is 20.8 Å². The van der Waals surface area contributed by atoms with Crippen LogP contribution in [0.5, 0.6) is 0 Å². The average Bonchev–Trinajstić information content (AvgIpc) is 1.02. The number of carbonyl (C=O) groups is 18. The molecule has 0 radical (unpaired) electrons. The van der Waals surface area contributed by atoms with Gasteiger partial charge in [0.25, 0.3) is 0 Å². The van der Waals surface area contributed by atoms with Crippen LogP contribution >= 0.6 is 0 Å². The third-order valence-electron chi connectivity index (χ3n) is 19.8. The van der Waals surface area contributed by atoms with Gasteiger partial charge in [-0.15, -0.1) is 0 Å². The molecular weight excluding hydrogens is 1590 g/mol. The second-order valence-electron chi connectivity index (χ2n) is 34.3. The monoisotopic (exact) mass is 1730 g/mol. The lowest BCUT2D eigenvalue weighted by Gasteiger charge is -2.28. The molecule has 0 fully saturated rings. The molecule has 41 nitrogen and oxygen atoms in total. The normalized spacial score (nSPS) is 15.4. The van der Waals surface area contributed by atoms with E-state index in [9.17, 15) is 91.4 Å². The molecule has 41 heteroatoms. The highest BCUT2D eigenvalue weighted by Gasteiger charge is 2.39. The van der Waals surface area contributed by atoms with Crippen molar-refractivity contribution in [1.82, 2.24) is 95.0 Å². The summed E-state index contributed by atoms with van der Waals surface area (Å²) in [7, 11) is 0. The first kappa shape index (κ1) is 110. The summed E-state index contributed by atoms with van der Waals surface area (Å²) >= 11 is 0. The summed E-state index contributed by atoms with van der Waals surface area (Å²) in [6, 6.07) is -18.3. The lowest BCUT2D eigenvalue weighted by Crippen LogP contribution is -2.60. The number of nitrogens with two attached hydrogens (primary N) is 4. The number of rotatable bonds is 59. The summed E-state index contributed by atoms with van der Waals surface area (Å²) < 4.78 is 0. The van der Waals surface area contributed by atoms with Crippen molar-refractivity contribution in [2.24, 2.45) is 76.2 Å². The summed E-state index contributed by atoms with van der Waals surface area (Å²) in [5, 5.41) is 51.4. The Morgan fingerprint density at radius 1 is 0.377 bits per heavy atom. The number of amides is 18. The molecule has 0 aliphatic heterocycles. The first-order chi connectivity index (χ1) is 57.0. The molecular formula is C81H144N22O19. The molecule has 0 aliphatic rings. The van der Waals surface area contributed by atoms with Crippen molar-refractivity contribution in [2.45, 2.75) is 300 Å². The Hall–Kier alpha value is -10.4. The number of hydrogen-bond donors (Lipinski definition) is 22. The van der Waals surface area contributed by atoms with E-state index < -0.39 is 235 Å². The molecule has 1 rings (SSSR count). The van der Waals surface area contributed by atoms with Gasteiger partial charge in [-0.2, -0.15) is 0 Å². The van der Waals surface area contributed by atoms with E-state index in [1.54, 1.807) is 104 Å². The zero-order valence-corrected chi connectivity index (χ0v) is 74.7. The fourth-order valence-corrected chi connectivity index (χ4v) is 12.6. The Morgan fingerprint density at radius 3 is 1.14 bits per heavy atom. The van der Waals surface area contributed by atoms with Crippen molar-refractivity contribution in [3.05, 3.63) is 18.2 Å². The summed E-state index contributed by atoms with van der Waals surface area (Å²) in [6.45, 7) is 30.1. The molecule has 0 aromatic carbocycles. The number of aromatic nitrogens is 2. The van der Waals surface area contributed by atoms with Crippen LogP contribution in [0.25, 0.3) is 0 Å². The standard InChI is InChI=1S/C81H144N22O19/c1-20-47(17)65(84)79(120)98-59(33-61(83)105)77(118)103-66(46(15)16)80(121)99-54(28-42(7)8)71(112)89-37-64(108)102-67(48(18)21-2)81(122)100-55(29-43(9)10)72(113)88-36-63(107)93-56(30-44(11)12)74(115)96-53(27-41(5)6)70(111)87-35-62(106)92-51(24-22-23-25-82)73(114)91-49(19)69(110)95-57(31-45(13)14)75(116)101-60(38-104)78(119)97-58(32-50-34-86-39-90-50)76(117)94-52(68(85)109)26-40(3)4/h34,39-49,51-60,65-67,104H,20-33,35-38,82,84H2,1-19H3,(H2,83,105)(H2,85,109)(H,86,90)(H,87,111)(H,88,113)(H,89,112)(H,91,114)(H,92,106)(H,93,107)(H,94,117)(H,95,110)(H,96,115)(H,97,119)(H,98,120)(H,99,121)(H,100,122)(H,101,116)(H,102,108)(H,103,118). The maximum absolute atomic E-state index is 14.2. The van der Waals surface area contributed by atoms with Gasteiger partial charge in [0.05, 0.1) is 45.0 Å². The van der Waals surface area contributed by atoms with Crippen LogP contribution in [0.15, 0.2) is 12.5 Å². The number of imidazole rings is 1. The van der Waals surface area contributed by atoms with E-state index in [-0.39, 0.29) is 99.3 Å². The molecule has 0 bridgehead atoms. The number of H-pyrrole nitrogens is 1. The highest BCUT2D eigenvalue weighted by molar-refractivity contribution is 6.01. The fourth-order valence-electron chi connectivity index (χ4n) is 12.6. The molecule has 16 unspecified atom stereocenters. The zero-order chi connectivity index (χ0) is 93.1. The minimum absolute atomic E-state index is 0.00166. The van der Waals surface area contributed by atoms with Crippen LogP contribution < -0.4 is 108 Å². The Bertz CT molecular complexity index is 3600. The number of hydrogen-bond acceptors (Lipinski definition) is 22. The molecule has 1 heterocycles. The van der Waals surface area contributed by atoms with Crippen LogP contribution in [0.1, 0.15) is 214 Å². The third kappa shape index (κ3) is 42.4. The highest BCUT2D eigenvalue weighted by Crippen LogP contribution is 2.17. The van der Waals surface area contributed by atoms with Crippen molar-refractivity contribution < 1.29 is 91.4 Å². The minimum Gasteiger partial charge on any atom is -0.394 e. The van der Waals surface area contributed by atoms with Crippen LogP contribution in [-0.4, -0.2) is 239 Å². The van der Waals surface area contributed by atoms with Crippen molar-refractivity contribution in [2.75, 3.05) is 32.8 Å². The molecule has 0 aliphatic carbocycles. The Balaban J connectivity index is 3.25. The summed E-state index contributed by atoms with van der Waals surface area (Å²) in [5.74, 6) is -17.5. The molecule has 1 aromatic rings. The number of unbranched alkanes of at least 4 members (excludes halogenated alkanes) is 1. The van der Waals surface area contributed by atoms with E-state index in [0.717, 1.165) is 0 Å². The van der Waals surface area contributed by atoms with Crippen molar-refractivity contribution >= 4 is 106 Å². The van der Waals surface area contributed by atoms with Gasteiger partial charge in [-0.05, 0) is 125 Å². The number of aromatic amines is 1. The summed E-state index contributed by atoms with van der Waals surface area (Å²) in [4.78, 5) is 252. The number of carbonyl (C=O) groups excluding carboxylic acids is 18. The molecule has 18 amide bonds. The number of primary amides is 2. The molecule has 1 aromatic heterocycles. The Labute approximate surface area is 716 Å². The maximum atomic E-state index is 14.2. The molecule has 26 N–H and O–H groups in total. The van der Waals surface area contributed by atoms with Crippen LogP contribution in [0.3, 0.4) is 0 Å². The van der Waals surface area contributed by atoms with E-state index in [4.69, 9.17) is 22.9 Å². The van der Waals surface area contributed by atoms with E-state index in [0.29, 0.717) is 31.4 Å². The number of nitrogens with zero attached hydrogens (tertiary/aromatic N) is 1. The quantitative estimate of drug-likeness (QED) is 0.0281. The van der Waals surface area contributed by atoms with Gasteiger partial charge < -0.3 is 118 Å². The second-order valence-corrected chi connectivity index (χ2v) is 34.3. The van der Waals surface area contributed by atoms with Gasteiger partial charge in [-0.3, -0.25) is 86.3 Å². The van der Waals surface area contributed by atoms with Crippen LogP contribution in [0.4, 0.5) is 0 Å². The van der Waals surface area contributed by atoms with E-state index in [2.05, 4.69) is 95.0 Å². The zero-order valence-electron chi connectivity index (χ0n) is 74.7. The maximum Gasteiger partial charge on any atom is 0.245 e. The van der Waals surface area contributed by atoms with E-state index >= 15 is 0 Å². The number of aliphatic hydroxyl groups is 1. The van der Waals surface area contributed by atoms with Crippen LogP contribution in [0, 0.1) is 53.3 Å². The second kappa shape index (κ2) is 56.3.